The third-order valence-electron chi connectivity index (χ3n) is 13.5. The number of hydrogen-bond donors (Lipinski definition) is 9. The van der Waals surface area contributed by atoms with Crippen LogP contribution in [0.4, 0.5) is 0 Å². The molecule has 0 spiro atoms. The maximum absolute atomic E-state index is 14.6. The zero-order valence-corrected chi connectivity index (χ0v) is 44.1. The highest BCUT2D eigenvalue weighted by Gasteiger charge is 2.38. The maximum Gasteiger partial charge on any atom is 0.243 e. The standard InChI is InChI=1S/C52H87N9O9/c1-13-23-40(62)53-27-22-21-26-37-46(64)59-42(32(9)15-3)51(69)57-39(29-36-24-19-18-20-25-36)47(65)56-38(28-30(6)7)48(66)60-41(31(8)14-2)49(67)54-35(12)45(63)58-44(34(11)17-5)52(70)61-43(33(10)16-4)50(68)55-37/h18-20,24-25,30-35,37-39,41-44H,13-17,21-23,26-29H2,1-12H3,(H,53,62)(H,54,67)(H,55,68)(H,56,65)(H,57,69)(H,58,63)(H,59,64)(H,60,66)(H,61,70). The smallest absolute Gasteiger partial charge is 0.243 e. The number of rotatable bonds is 19. The first kappa shape index (κ1) is 60.6. The van der Waals surface area contributed by atoms with Crippen molar-refractivity contribution >= 4 is 53.2 Å². The zero-order valence-electron chi connectivity index (χ0n) is 44.1. The van der Waals surface area contributed by atoms with E-state index in [1.165, 1.54) is 6.92 Å². The van der Waals surface area contributed by atoms with E-state index in [1.54, 1.807) is 52.0 Å². The van der Waals surface area contributed by atoms with E-state index in [0.717, 1.165) is 0 Å². The molecule has 1 fully saturated rings. The lowest BCUT2D eigenvalue weighted by Gasteiger charge is -2.32. The summed E-state index contributed by atoms with van der Waals surface area (Å²) >= 11 is 0. The van der Waals surface area contributed by atoms with E-state index in [1.807, 2.05) is 54.5 Å². The summed E-state index contributed by atoms with van der Waals surface area (Å²) in [5.74, 6) is -7.15. The summed E-state index contributed by atoms with van der Waals surface area (Å²) < 4.78 is 0. The Balaban J connectivity index is 2.81. The summed E-state index contributed by atoms with van der Waals surface area (Å²) in [7, 11) is 0. The maximum atomic E-state index is 14.6. The average molecular weight is 982 g/mol. The van der Waals surface area contributed by atoms with Gasteiger partial charge in [-0.3, -0.25) is 43.2 Å². The fourth-order valence-corrected chi connectivity index (χ4v) is 8.05. The van der Waals surface area contributed by atoms with Crippen LogP contribution in [-0.4, -0.2) is 108 Å². The van der Waals surface area contributed by atoms with Crippen molar-refractivity contribution in [3.8, 4) is 0 Å². The molecule has 1 heterocycles. The number of hydrogen-bond acceptors (Lipinski definition) is 9. The Labute approximate surface area is 417 Å². The van der Waals surface area contributed by atoms with Gasteiger partial charge in [-0.05, 0) is 74.2 Å². The predicted octanol–water partition coefficient (Wildman–Crippen LogP) is 3.46. The van der Waals surface area contributed by atoms with Gasteiger partial charge in [-0.25, -0.2) is 0 Å². The SMILES string of the molecule is CCCC(=O)NCCCCC1NC(=O)C(C(C)CC)NC(=O)C(C(C)CC)NC(=O)C(C)NC(=O)C(C(C)CC)NC(=O)C(CC(C)C)NC(=O)C(Cc2ccccc2)NC(=O)C(C(C)CC)NC1=O. The van der Waals surface area contributed by atoms with Gasteiger partial charge in [-0.2, -0.15) is 0 Å². The molecule has 12 unspecified atom stereocenters. The van der Waals surface area contributed by atoms with Crippen LogP contribution in [0.2, 0.25) is 0 Å². The first-order valence-corrected chi connectivity index (χ1v) is 25.9. The Hall–Kier alpha value is -5.55. The quantitative estimate of drug-likeness (QED) is 0.0919. The number of unbranched alkanes of at least 4 members (excludes halogenated alkanes) is 1. The molecule has 18 heteroatoms. The van der Waals surface area contributed by atoms with Crippen LogP contribution >= 0.6 is 0 Å². The molecule has 1 saturated heterocycles. The fourth-order valence-electron chi connectivity index (χ4n) is 8.05. The van der Waals surface area contributed by atoms with E-state index in [-0.39, 0.29) is 31.1 Å². The minimum Gasteiger partial charge on any atom is -0.356 e. The summed E-state index contributed by atoms with van der Waals surface area (Å²) in [6, 6.07) is -0.299. The van der Waals surface area contributed by atoms with Gasteiger partial charge in [0.2, 0.25) is 53.2 Å². The molecule has 9 N–H and O–H groups in total. The van der Waals surface area contributed by atoms with Crippen LogP contribution in [0, 0.1) is 29.6 Å². The van der Waals surface area contributed by atoms with E-state index < -0.39 is 119 Å². The molecule has 70 heavy (non-hydrogen) atoms. The molecular weight excluding hydrogens is 895 g/mol. The molecule has 1 aromatic rings. The summed E-state index contributed by atoms with van der Waals surface area (Å²) in [6.07, 6.45) is 4.10. The van der Waals surface area contributed by atoms with Crippen molar-refractivity contribution in [3.05, 3.63) is 35.9 Å². The summed E-state index contributed by atoms with van der Waals surface area (Å²) in [4.78, 5) is 127. The summed E-state index contributed by atoms with van der Waals surface area (Å²) in [6.45, 7) is 22.0. The molecule has 0 aliphatic carbocycles. The summed E-state index contributed by atoms with van der Waals surface area (Å²) in [5, 5.41) is 25.5. The number of amides is 9. The van der Waals surface area contributed by atoms with E-state index in [9.17, 15) is 43.2 Å². The Morgan fingerprint density at radius 2 is 0.900 bits per heavy atom. The van der Waals surface area contributed by atoms with E-state index in [2.05, 4.69) is 47.9 Å². The molecule has 2 rings (SSSR count). The predicted molar refractivity (Wildman–Crippen MR) is 270 cm³/mol. The van der Waals surface area contributed by atoms with E-state index >= 15 is 0 Å². The molecule has 1 aliphatic heterocycles. The third-order valence-corrected chi connectivity index (χ3v) is 13.5. The van der Waals surface area contributed by atoms with Crippen molar-refractivity contribution in [1.29, 1.82) is 0 Å². The molecule has 1 aliphatic rings. The molecule has 0 bridgehead atoms. The monoisotopic (exact) mass is 982 g/mol. The largest absolute Gasteiger partial charge is 0.356 e. The Kier molecular flexibility index (Phi) is 26.8. The van der Waals surface area contributed by atoms with Crippen LogP contribution < -0.4 is 47.9 Å². The lowest BCUT2D eigenvalue weighted by Crippen LogP contribution is -2.63. The van der Waals surface area contributed by atoms with Crippen LogP contribution in [0.25, 0.3) is 0 Å². The van der Waals surface area contributed by atoms with Gasteiger partial charge in [0, 0.05) is 19.4 Å². The summed E-state index contributed by atoms with van der Waals surface area (Å²) in [5.41, 5.74) is 0.712. The number of carbonyl (C=O) groups excluding carboxylic acids is 9. The molecule has 18 nitrogen and oxygen atoms in total. The highest BCUT2D eigenvalue weighted by Crippen LogP contribution is 2.17. The van der Waals surface area contributed by atoms with Crippen molar-refractivity contribution < 1.29 is 43.2 Å². The number of nitrogens with one attached hydrogen (secondary N) is 9. The van der Waals surface area contributed by atoms with E-state index in [4.69, 9.17) is 0 Å². The van der Waals surface area contributed by atoms with Gasteiger partial charge in [-0.15, -0.1) is 0 Å². The van der Waals surface area contributed by atoms with Gasteiger partial charge < -0.3 is 47.9 Å². The van der Waals surface area contributed by atoms with Crippen molar-refractivity contribution in [2.24, 2.45) is 29.6 Å². The van der Waals surface area contributed by atoms with Crippen LogP contribution in [0.15, 0.2) is 30.3 Å². The third kappa shape index (κ3) is 19.7. The Morgan fingerprint density at radius 1 is 0.500 bits per heavy atom. The van der Waals surface area contributed by atoms with Gasteiger partial charge >= 0.3 is 0 Å². The van der Waals surface area contributed by atoms with Crippen molar-refractivity contribution in [2.75, 3.05) is 6.54 Å². The Bertz CT molecular complexity index is 1880. The molecule has 0 radical (unpaired) electrons. The minimum absolute atomic E-state index is 0.0293. The highest BCUT2D eigenvalue weighted by atomic mass is 16.2. The van der Waals surface area contributed by atoms with Gasteiger partial charge in [0.1, 0.15) is 48.3 Å². The van der Waals surface area contributed by atoms with Crippen LogP contribution in [0.5, 0.6) is 0 Å². The van der Waals surface area contributed by atoms with Gasteiger partial charge in [0.15, 0.2) is 0 Å². The zero-order chi connectivity index (χ0) is 52.7. The first-order valence-electron chi connectivity index (χ1n) is 25.9. The topological polar surface area (TPSA) is 262 Å². The molecule has 0 aromatic heterocycles. The average Bonchev–Trinajstić information content (AvgIpc) is 3.33. The first-order chi connectivity index (χ1) is 33.1. The number of carbonyl (C=O) groups is 9. The molecule has 12 atom stereocenters. The van der Waals surface area contributed by atoms with Crippen LogP contribution in [0.1, 0.15) is 153 Å². The second kappa shape index (κ2) is 30.9. The second-order valence-electron chi connectivity index (χ2n) is 19.8. The molecule has 394 valence electrons. The minimum atomic E-state index is -1.23. The van der Waals surface area contributed by atoms with Crippen molar-refractivity contribution in [2.45, 2.75) is 202 Å². The second-order valence-corrected chi connectivity index (χ2v) is 19.8. The highest BCUT2D eigenvalue weighted by molar-refractivity contribution is 5.99. The number of benzene rings is 1. The lowest BCUT2D eigenvalue weighted by molar-refractivity contribution is -0.138. The lowest BCUT2D eigenvalue weighted by atomic mass is 9.94. The van der Waals surface area contributed by atoms with Crippen LogP contribution in [-0.2, 0) is 49.6 Å². The molecule has 9 amide bonds. The van der Waals surface area contributed by atoms with Crippen LogP contribution in [0.3, 0.4) is 0 Å². The van der Waals surface area contributed by atoms with E-state index in [0.29, 0.717) is 63.5 Å². The Morgan fingerprint density at radius 3 is 1.37 bits per heavy atom. The van der Waals surface area contributed by atoms with Gasteiger partial charge in [-0.1, -0.05) is 132 Å². The molecular formula is C52H87N9O9. The van der Waals surface area contributed by atoms with Gasteiger partial charge in [0.25, 0.3) is 0 Å². The fraction of sp³-hybridized carbons (Fsp3) is 0.712. The van der Waals surface area contributed by atoms with Crippen molar-refractivity contribution in [1.82, 2.24) is 47.9 Å². The molecule has 0 saturated carbocycles. The normalized spacial score (nSPS) is 25.8. The van der Waals surface area contributed by atoms with Crippen molar-refractivity contribution in [3.63, 3.8) is 0 Å². The molecule has 1 aromatic carbocycles. The van der Waals surface area contributed by atoms with Gasteiger partial charge in [0.05, 0.1) is 0 Å².